The number of para-hydroxylation sites is 1. The Morgan fingerprint density at radius 1 is 1.11 bits per heavy atom. The van der Waals surface area contributed by atoms with Crippen LogP contribution in [0.2, 0.25) is 10.0 Å². The van der Waals surface area contributed by atoms with Crippen LogP contribution in [-0.4, -0.2) is 10.8 Å². The Morgan fingerprint density at radius 2 is 1.93 bits per heavy atom. The Balaban J connectivity index is 1.68. The van der Waals surface area contributed by atoms with Crippen LogP contribution in [0.25, 0.3) is 28.3 Å². The minimum atomic E-state index is -0.373. The number of carbonyl (C=O) groups excluding carboxylic acids is 1. The molecule has 0 aliphatic rings. The fraction of sp³-hybridized carbons (Fsp3) is 0. The van der Waals surface area contributed by atoms with E-state index in [0.29, 0.717) is 32.7 Å². The molecule has 0 spiro atoms. The van der Waals surface area contributed by atoms with Gasteiger partial charge in [-0.15, -0.1) is 0 Å². The SMILES string of the molecule is N#C/C(=C\c1ccc(-c2ccc(Cl)cc2Cl)o1)C(=O)c1c[nH]c2ccccc12. The number of fused-ring (bicyclic) bond motifs is 1. The predicted molar refractivity (Wildman–Crippen MR) is 110 cm³/mol. The van der Waals surface area contributed by atoms with Crippen LogP contribution in [0.1, 0.15) is 16.1 Å². The second-order valence-corrected chi connectivity index (χ2v) is 6.92. The van der Waals surface area contributed by atoms with E-state index in [4.69, 9.17) is 27.6 Å². The van der Waals surface area contributed by atoms with Crippen molar-refractivity contribution in [3.05, 3.63) is 87.7 Å². The maximum Gasteiger partial charge on any atom is 0.205 e. The molecule has 0 amide bonds. The maximum absolute atomic E-state index is 12.8. The molecule has 1 N–H and O–H groups in total. The van der Waals surface area contributed by atoms with Gasteiger partial charge in [-0.1, -0.05) is 41.4 Å². The van der Waals surface area contributed by atoms with Crippen molar-refractivity contribution in [1.29, 1.82) is 5.26 Å². The van der Waals surface area contributed by atoms with Crippen LogP contribution in [0.3, 0.4) is 0 Å². The van der Waals surface area contributed by atoms with Crippen molar-refractivity contribution in [2.24, 2.45) is 0 Å². The minimum Gasteiger partial charge on any atom is -0.457 e. The van der Waals surface area contributed by atoms with E-state index in [-0.39, 0.29) is 11.4 Å². The molecule has 4 aromatic rings. The standard InChI is InChI=1S/C22H12Cl2N2O2/c23-14-5-7-17(19(24)10-14)21-8-6-15(28-21)9-13(11-25)22(27)18-12-26-20-4-2-1-3-16(18)20/h1-10,12,26H/b13-9+. The van der Waals surface area contributed by atoms with E-state index < -0.39 is 0 Å². The molecule has 0 aliphatic carbocycles. The van der Waals surface area contributed by atoms with Gasteiger partial charge in [0.2, 0.25) is 5.78 Å². The van der Waals surface area contributed by atoms with Crippen molar-refractivity contribution in [1.82, 2.24) is 4.98 Å². The number of allylic oxidation sites excluding steroid dienone is 1. The van der Waals surface area contributed by atoms with Gasteiger partial charge in [-0.05, 0) is 36.4 Å². The van der Waals surface area contributed by atoms with Crippen molar-refractivity contribution in [3.63, 3.8) is 0 Å². The number of aromatic nitrogens is 1. The highest BCUT2D eigenvalue weighted by atomic mass is 35.5. The second-order valence-electron chi connectivity index (χ2n) is 6.07. The molecule has 0 bridgehead atoms. The number of rotatable bonds is 4. The molecule has 28 heavy (non-hydrogen) atoms. The van der Waals surface area contributed by atoms with E-state index in [1.807, 2.05) is 30.3 Å². The van der Waals surface area contributed by atoms with E-state index in [2.05, 4.69) is 4.98 Å². The Labute approximate surface area is 170 Å². The molecule has 0 unspecified atom stereocenters. The Kier molecular flexibility index (Phi) is 4.79. The summed E-state index contributed by atoms with van der Waals surface area (Å²) in [6.45, 7) is 0. The molecule has 0 saturated carbocycles. The monoisotopic (exact) mass is 406 g/mol. The number of halogens is 2. The quantitative estimate of drug-likeness (QED) is 0.238. The normalized spacial score (nSPS) is 11.5. The molecule has 2 heterocycles. The molecule has 2 aromatic heterocycles. The Morgan fingerprint density at radius 3 is 2.71 bits per heavy atom. The zero-order chi connectivity index (χ0) is 19.7. The Hall–Kier alpha value is -3.26. The third-order valence-corrected chi connectivity index (χ3v) is 4.86. The average molecular weight is 407 g/mol. The molecule has 0 fully saturated rings. The van der Waals surface area contributed by atoms with Crippen LogP contribution in [0.5, 0.6) is 0 Å². The topological polar surface area (TPSA) is 69.8 Å². The first-order valence-corrected chi connectivity index (χ1v) is 9.10. The van der Waals surface area contributed by atoms with Crippen LogP contribution in [0.15, 0.2) is 70.8 Å². The fourth-order valence-corrected chi connectivity index (χ4v) is 3.46. The van der Waals surface area contributed by atoms with E-state index in [1.165, 1.54) is 6.08 Å². The molecule has 4 rings (SSSR count). The van der Waals surface area contributed by atoms with Crippen LogP contribution < -0.4 is 0 Å². The Bertz CT molecular complexity index is 1280. The summed E-state index contributed by atoms with van der Waals surface area (Å²) in [6, 6.07) is 17.9. The van der Waals surface area contributed by atoms with Crippen LogP contribution in [-0.2, 0) is 0 Å². The first-order valence-electron chi connectivity index (χ1n) is 8.34. The van der Waals surface area contributed by atoms with Gasteiger partial charge in [0.25, 0.3) is 0 Å². The molecule has 0 atom stereocenters. The number of Topliss-reactive ketones (excluding diaryl/α,β-unsaturated/α-hetero) is 1. The second kappa shape index (κ2) is 7.40. The summed E-state index contributed by atoms with van der Waals surface area (Å²) < 4.78 is 5.76. The lowest BCUT2D eigenvalue weighted by molar-refractivity contribution is 0.104. The summed E-state index contributed by atoms with van der Waals surface area (Å²) in [5, 5.41) is 11.2. The number of carbonyl (C=O) groups is 1. The molecule has 0 aliphatic heterocycles. The summed E-state index contributed by atoms with van der Waals surface area (Å²) in [7, 11) is 0. The van der Waals surface area contributed by atoms with E-state index in [0.717, 1.165) is 10.9 Å². The number of nitriles is 1. The highest BCUT2D eigenvalue weighted by Gasteiger charge is 2.17. The molecule has 6 heteroatoms. The first kappa shape index (κ1) is 18.1. The summed E-state index contributed by atoms with van der Waals surface area (Å²) in [6.07, 6.45) is 3.04. The number of H-pyrrole nitrogens is 1. The summed E-state index contributed by atoms with van der Waals surface area (Å²) in [5.74, 6) is 0.526. The molecule has 136 valence electrons. The zero-order valence-corrected chi connectivity index (χ0v) is 15.9. The van der Waals surface area contributed by atoms with Gasteiger partial charge >= 0.3 is 0 Å². The predicted octanol–water partition coefficient (Wildman–Crippen LogP) is 6.52. The number of furan rings is 1. The number of nitrogens with zero attached hydrogens (tertiary/aromatic N) is 1. The van der Waals surface area contributed by atoms with Gasteiger partial charge in [-0.2, -0.15) is 5.26 Å². The average Bonchev–Trinajstić information content (AvgIpc) is 3.32. The van der Waals surface area contributed by atoms with Crippen molar-refractivity contribution in [2.75, 3.05) is 0 Å². The summed E-state index contributed by atoms with van der Waals surface area (Å²) >= 11 is 12.1. The van der Waals surface area contributed by atoms with Gasteiger partial charge in [0.1, 0.15) is 23.2 Å². The van der Waals surface area contributed by atoms with Gasteiger partial charge in [0.05, 0.1) is 5.02 Å². The van der Waals surface area contributed by atoms with Gasteiger partial charge in [0.15, 0.2) is 0 Å². The molecule has 0 saturated heterocycles. The third kappa shape index (κ3) is 3.34. The van der Waals surface area contributed by atoms with Gasteiger partial charge < -0.3 is 9.40 Å². The molecule has 0 radical (unpaired) electrons. The van der Waals surface area contributed by atoms with Crippen molar-refractivity contribution in [2.45, 2.75) is 0 Å². The number of hydrogen-bond acceptors (Lipinski definition) is 3. The third-order valence-electron chi connectivity index (χ3n) is 4.31. The van der Waals surface area contributed by atoms with E-state index >= 15 is 0 Å². The van der Waals surface area contributed by atoms with Crippen LogP contribution >= 0.6 is 23.2 Å². The van der Waals surface area contributed by atoms with E-state index in [1.54, 1.807) is 36.5 Å². The van der Waals surface area contributed by atoms with Crippen molar-refractivity contribution < 1.29 is 9.21 Å². The lowest BCUT2D eigenvalue weighted by Gasteiger charge is -2.01. The highest BCUT2D eigenvalue weighted by molar-refractivity contribution is 6.36. The lowest BCUT2D eigenvalue weighted by atomic mass is 10.0. The van der Waals surface area contributed by atoms with Crippen LogP contribution in [0.4, 0.5) is 0 Å². The largest absolute Gasteiger partial charge is 0.457 e. The summed E-state index contributed by atoms with van der Waals surface area (Å²) in [5.41, 5.74) is 1.93. The number of nitrogens with one attached hydrogen (secondary N) is 1. The van der Waals surface area contributed by atoms with Crippen molar-refractivity contribution in [3.8, 4) is 17.4 Å². The molecule has 2 aromatic carbocycles. The van der Waals surface area contributed by atoms with Gasteiger partial charge in [0, 0.05) is 39.3 Å². The van der Waals surface area contributed by atoms with Gasteiger partial charge in [-0.3, -0.25) is 4.79 Å². The molecule has 4 nitrogen and oxygen atoms in total. The zero-order valence-electron chi connectivity index (χ0n) is 14.4. The van der Waals surface area contributed by atoms with Crippen molar-refractivity contribution >= 4 is 46.0 Å². The molecular formula is C22H12Cl2N2O2. The summed E-state index contributed by atoms with van der Waals surface area (Å²) in [4.78, 5) is 15.9. The highest BCUT2D eigenvalue weighted by Crippen LogP contribution is 2.32. The van der Waals surface area contributed by atoms with Crippen LogP contribution in [0, 0.1) is 11.3 Å². The lowest BCUT2D eigenvalue weighted by Crippen LogP contribution is -2.00. The maximum atomic E-state index is 12.8. The van der Waals surface area contributed by atoms with Gasteiger partial charge in [-0.25, -0.2) is 0 Å². The number of ketones is 1. The number of hydrogen-bond donors (Lipinski definition) is 1. The fourth-order valence-electron chi connectivity index (χ4n) is 2.96. The minimum absolute atomic E-state index is 0.0205. The molecular weight excluding hydrogens is 395 g/mol. The number of benzene rings is 2. The smallest absolute Gasteiger partial charge is 0.205 e. The first-order chi connectivity index (χ1) is 13.6. The van der Waals surface area contributed by atoms with E-state index in [9.17, 15) is 10.1 Å². The number of aromatic amines is 1.